The Bertz CT molecular complexity index is 422. The van der Waals surface area contributed by atoms with Gasteiger partial charge >= 0.3 is 0 Å². The molecule has 1 saturated heterocycles. The topological polar surface area (TPSA) is 50.3 Å². The first-order valence-corrected chi connectivity index (χ1v) is 7.04. The van der Waals surface area contributed by atoms with Crippen LogP contribution in [0.2, 0.25) is 0 Å². The Hall–Kier alpha value is -1.36. The summed E-state index contributed by atoms with van der Waals surface area (Å²) in [5, 5.41) is 3.28. The maximum atomic E-state index is 5.42. The molecule has 106 valence electrons. The Morgan fingerprint density at radius 1 is 1.47 bits per heavy atom. The van der Waals surface area contributed by atoms with Gasteiger partial charge in [0, 0.05) is 38.7 Å². The summed E-state index contributed by atoms with van der Waals surface area (Å²) in [6, 6.07) is 2.04. The van der Waals surface area contributed by atoms with Gasteiger partial charge < -0.3 is 15.0 Å². The van der Waals surface area contributed by atoms with E-state index in [0.29, 0.717) is 12.0 Å². The van der Waals surface area contributed by atoms with Gasteiger partial charge in [-0.15, -0.1) is 0 Å². The maximum absolute atomic E-state index is 5.42. The Morgan fingerprint density at radius 3 is 2.84 bits per heavy atom. The second-order valence-corrected chi connectivity index (χ2v) is 5.25. The van der Waals surface area contributed by atoms with Crippen LogP contribution in [0.3, 0.4) is 0 Å². The Balaban J connectivity index is 2.23. The minimum Gasteiger partial charge on any atom is -0.380 e. The average molecular weight is 264 g/mol. The highest BCUT2D eigenvalue weighted by Crippen LogP contribution is 2.24. The van der Waals surface area contributed by atoms with Gasteiger partial charge in [0.05, 0.1) is 6.10 Å². The van der Waals surface area contributed by atoms with Crippen molar-refractivity contribution in [2.24, 2.45) is 0 Å². The van der Waals surface area contributed by atoms with E-state index in [1.807, 2.05) is 6.07 Å². The van der Waals surface area contributed by atoms with Gasteiger partial charge in [-0.1, -0.05) is 13.8 Å². The lowest BCUT2D eigenvalue weighted by Crippen LogP contribution is -2.24. The van der Waals surface area contributed by atoms with E-state index in [2.05, 4.69) is 41.0 Å². The molecule has 19 heavy (non-hydrogen) atoms. The molecule has 2 rings (SSSR count). The molecule has 1 unspecified atom stereocenters. The third-order valence-corrected chi connectivity index (χ3v) is 3.41. The van der Waals surface area contributed by atoms with Gasteiger partial charge in [0.25, 0.3) is 0 Å². The molecule has 0 aliphatic carbocycles. The van der Waals surface area contributed by atoms with Gasteiger partial charge in [0.2, 0.25) is 0 Å². The lowest BCUT2D eigenvalue weighted by atomic mass is 10.2. The molecular weight excluding hydrogens is 240 g/mol. The van der Waals surface area contributed by atoms with Crippen molar-refractivity contribution in [1.29, 1.82) is 0 Å². The summed E-state index contributed by atoms with van der Waals surface area (Å²) in [5.74, 6) is 3.15. The van der Waals surface area contributed by atoms with Crippen molar-refractivity contribution in [2.45, 2.75) is 39.2 Å². The number of hydrogen-bond donors (Lipinski definition) is 1. The van der Waals surface area contributed by atoms with E-state index in [0.717, 1.165) is 43.5 Å². The molecule has 5 heteroatoms. The van der Waals surface area contributed by atoms with Crippen LogP contribution in [-0.4, -0.2) is 42.8 Å². The quantitative estimate of drug-likeness (QED) is 0.884. The van der Waals surface area contributed by atoms with E-state index in [4.69, 9.17) is 4.74 Å². The van der Waals surface area contributed by atoms with E-state index in [1.54, 1.807) is 7.11 Å². The van der Waals surface area contributed by atoms with E-state index in [9.17, 15) is 0 Å². The van der Waals surface area contributed by atoms with Crippen LogP contribution in [-0.2, 0) is 4.74 Å². The first kappa shape index (κ1) is 14.1. The number of nitrogens with one attached hydrogen (secondary N) is 1. The standard InChI is InChI=1S/C14H24N4O/c1-5-15-12-8-13(17-14(16-12)10(2)3)18-7-6-11(9-18)19-4/h8,10-11H,5-7,9H2,1-4H3,(H,15,16,17). The molecule has 0 bridgehead atoms. The van der Waals surface area contributed by atoms with Gasteiger partial charge in [-0.05, 0) is 13.3 Å². The van der Waals surface area contributed by atoms with Crippen molar-refractivity contribution < 1.29 is 4.74 Å². The third-order valence-electron chi connectivity index (χ3n) is 3.41. The second kappa shape index (κ2) is 6.19. The molecule has 0 saturated carbocycles. The predicted molar refractivity (Wildman–Crippen MR) is 77.9 cm³/mol. The van der Waals surface area contributed by atoms with Crippen LogP contribution in [0.5, 0.6) is 0 Å². The van der Waals surface area contributed by atoms with Gasteiger partial charge in [-0.2, -0.15) is 0 Å². The number of hydrogen-bond acceptors (Lipinski definition) is 5. The van der Waals surface area contributed by atoms with Crippen molar-refractivity contribution in [2.75, 3.05) is 37.0 Å². The van der Waals surface area contributed by atoms with Crippen molar-refractivity contribution in [3.05, 3.63) is 11.9 Å². The maximum Gasteiger partial charge on any atom is 0.135 e. The molecule has 0 spiro atoms. The highest BCUT2D eigenvalue weighted by atomic mass is 16.5. The molecule has 0 amide bonds. The molecule has 0 radical (unpaired) electrons. The van der Waals surface area contributed by atoms with Crippen LogP contribution in [0.4, 0.5) is 11.6 Å². The number of methoxy groups -OCH3 is 1. The average Bonchev–Trinajstić information content (AvgIpc) is 2.87. The molecule has 0 aromatic carbocycles. The number of anilines is 2. The number of ether oxygens (including phenoxy) is 1. The lowest BCUT2D eigenvalue weighted by Gasteiger charge is -2.19. The Morgan fingerprint density at radius 2 is 2.26 bits per heavy atom. The molecule has 1 aliphatic rings. The van der Waals surface area contributed by atoms with E-state index in [-0.39, 0.29) is 0 Å². The largest absolute Gasteiger partial charge is 0.380 e. The Labute approximate surface area is 115 Å². The monoisotopic (exact) mass is 264 g/mol. The van der Waals surface area contributed by atoms with Crippen LogP contribution in [0, 0.1) is 0 Å². The minimum atomic E-state index is 0.319. The van der Waals surface area contributed by atoms with E-state index < -0.39 is 0 Å². The van der Waals surface area contributed by atoms with E-state index in [1.165, 1.54) is 0 Å². The molecule has 1 aliphatic heterocycles. The molecule has 1 atom stereocenters. The fourth-order valence-corrected chi connectivity index (χ4v) is 2.27. The first-order valence-electron chi connectivity index (χ1n) is 7.04. The van der Waals surface area contributed by atoms with Crippen molar-refractivity contribution in [3.63, 3.8) is 0 Å². The zero-order chi connectivity index (χ0) is 13.8. The summed E-state index contributed by atoms with van der Waals surface area (Å²) in [6.07, 6.45) is 1.38. The van der Waals surface area contributed by atoms with Gasteiger partial charge in [-0.25, -0.2) is 9.97 Å². The minimum absolute atomic E-state index is 0.319. The summed E-state index contributed by atoms with van der Waals surface area (Å²) in [7, 11) is 1.78. The van der Waals surface area contributed by atoms with Crippen molar-refractivity contribution in [1.82, 2.24) is 9.97 Å². The number of rotatable bonds is 5. The highest BCUT2D eigenvalue weighted by Gasteiger charge is 2.24. The summed E-state index contributed by atoms with van der Waals surface area (Å²) in [6.45, 7) is 9.10. The van der Waals surface area contributed by atoms with Crippen LogP contribution < -0.4 is 10.2 Å². The number of nitrogens with zero attached hydrogens (tertiary/aromatic N) is 3. The Kier molecular flexibility index (Phi) is 4.58. The molecule has 1 fully saturated rings. The van der Waals surface area contributed by atoms with Crippen LogP contribution in [0.1, 0.15) is 38.9 Å². The SMILES string of the molecule is CCNc1cc(N2CCC(OC)C2)nc(C(C)C)n1. The van der Waals surface area contributed by atoms with Crippen LogP contribution >= 0.6 is 0 Å². The second-order valence-electron chi connectivity index (χ2n) is 5.25. The number of aromatic nitrogens is 2. The lowest BCUT2D eigenvalue weighted by molar-refractivity contribution is 0.121. The normalized spacial score (nSPS) is 19.2. The van der Waals surface area contributed by atoms with Crippen LogP contribution in [0.15, 0.2) is 6.07 Å². The predicted octanol–water partition coefficient (Wildman–Crippen LogP) is 2.26. The zero-order valence-electron chi connectivity index (χ0n) is 12.3. The third kappa shape index (κ3) is 3.35. The first-order chi connectivity index (χ1) is 9.13. The zero-order valence-corrected chi connectivity index (χ0v) is 12.3. The molecule has 1 aromatic heterocycles. The molecular formula is C14H24N4O. The van der Waals surface area contributed by atoms with Crippen molar-refractivity contribution in [3.8, 4) is 0 Å². The molecule has 1 aromatic rings. The smallest absolute Gasteiger partial charge is 0.135 e. The van der Waals surface area contributed by atoms with Gasteiger partial charge in [0.1, 0.15) is 17.5 Å². The summed E-state index contributed by atoms with van der Waals surface area (Å²) in [4.78, 5) is 11.5. The molecule has 5 nitrogen and oxygen atoms in total. The summed E-state index contributed by atoms with van der Waals surface area (Å²) >= 11 is 0. The van der Waals surface area contributed by atoms with E-state index >= 15 is 0 Å². The van der Waals surface area contributed by atoms with Gasteiger partial charge in [0.15, 0.2) is 0 Å². The molecule has 2 heterocycles. The molecule has 1 N–H and O–H groups in total. The van der Waals surface area contributed by atoms with Crippen molar-refractivity contribution >= 4 is 11.6 Å². The fraction of sp³-hybridized carbons (Fsp3) is 0.714. The van der Waals surface area contributed by atoms with Crippen LogP contribution in [0.25, 0.3) is 0 Å². The summed E-state index contributed by atoms with van der Waals surface area (Å²) in [5.41, 5.74) is 0. The summed E-state index contributed by atoms with van der Waals surface area (Å²) < 4.78 is 5.42. The van der Waals surface area contributed by atoms with Gasteiger partial charge in [-0.3, -0.25) is 0 Å². The fourth-order valence-electron chi connectivity index (χ4n) is 2.27. The highest BCUT2D eigenvalue weighted by molar-refractivity contribution is 5.50.